The van der Waals surface area contributed by atoms with Crippen LogP contribution in [-0.2, 0) is 19.1 Å². The fraction of sp³-hybridized carbons (Fsp3) is 0.265. The van der Waals surface area contributed by atoms with Crippen LogP contribution in [0.1, 0.15) is 35.8 Å². The van der Waals surface area contributed by atoms with E-state index >= 15 is 0 Å². The highest BCUT2D eigenvalue weighted by Crippen LogP contribution is 2.29. The van der Waals surface area contributed by atoms with Crippen molar-refractivity contribution in [1.82, 2.24) is 44.3 Å². The molecule has 1 amide bonds. The van der Waals surface area contributed by atoms with Crippen LogP contribution < -0.4 is 11.2 Å². The molecule has 0 atom stereocenters. The number of aromatic nitrogens is 7. The predicted molar refractivity (Wildman–Crippen MR) is 182 cm³/mol. The molecule has 0 spiro atoms. The van der Waals surface area contributed by atoms with E-state index in [9.17, 15) is 14.4 Å². The lowest BCUT2D eigenvalue weighted by atomic mass is 9.97. The van der Waals surface area contributed by atoms with E-state index in [0.717, 1.165) is 21.3 Å². The van der Waals surface area contributed by atoms with Gasteiger partial charge in [0.15, 0.2) is 11.4 Å². The minimum Gasteiger partial charge on any atom is -0.439 e. The number of aryl methyl sites for hydroxylation is 1. The Morgan fingerprint density at radius 1 is 1.00 bits per heavy atom. The number of oxazole rings is 1. The van der Waals surface area contributed by atoms with Gasteiger partial charge in [-0.05, 0) is 32.0 Å². The van der Waals surface area contributed by atoms with Gasteiger partial charge in [-0.2, -0.15) is 0 Å². The molecule has 0 radical (unpaired) electrons. The summed E-state index contributed by atoms with van der Waals surface area (Å²) >= 11 is 3.49. The van der Waals surface area contributed by atoms with Crippen LogP contribution in [0.25, 0.3) is 33.6 Å². The molecule has 48 heavy (non-hydrogen) atoms. The second-order valence-electron chi connectivity index (χ2n) is 12.2. The Morgan fingerprint density at radius 3 is 2.50 bits per heavy atom. The number of hydrogen-bond donors (Lipinski definition) is 1. The number of nitrogens with zero attached hydrogens (tertiary/aromatic N) is 8. The quantitative estimate of drug-likeness (QED) is 0.259. The number of rotatable bonds is 7. The van der Waals surface area contributed by atoms with E-state index in [0.29, 0.717) is 50.1 Å². The number of hydrogen-bond acceptors (Lipinski definition) is 9. The normalized spacial score (nSPS) is 14.1. The van der Waals surface area contributed by atoms with Crippen molar-refractivity contribution >= 4 is 32.9 Å². The number of nitrogens with one attached hydrogen (secondary N) is 1. The SMILES string of the molecule is Cn1c(=O)[nH]c(=O)c2c(C(=O)N3CCN(C(C)(C)c4cn(Cc5ncc(-c6cccc(Br)c6)o5)nn4)CC3)cc(-c3ccccc3)nc21. The molecule has 7 rings (SSSR count). The number of piperazine rings is 1. The molecule has 1 aliphatic rings. The summed E-state index contributed by atoms with van der Waals surface area (Å²) in [5, 5.41) is 8.91. The van der Waals surface area contributed by atoms with Crippen molar-refractivity contribution < 1.29 is 9.21 Å². The number of carbonyl (C=O) groups excluding carboxylic acids is 1. The Hall–Kier alpha value is -5.21. The van der Waals surface area contributed by atoms with E-state index in [1.807, 2.05) is 60.8 Å². The first-order chi connectivity index (χ1) is 23.1. The van der Waals surface area contributed by atoms with Crippen LogP contribution in [0, 0.1) is 0 Å². The van der Waals surface area contributed by atoms with Gasteiger partial charge in [0.05, 0.1) is 34.6 Å². The summed E-state index contributed by atoms with van der Waals surface area (Å²) in [5.74, 6) is 0.897. The smallest absolute Gasteiger partial charge is 0.329 e. The molecule has 1 aliphatic heterocycles. The fourth-order valence-electron chi connectivity index (χ4n) is 6.02. The third-order valence-electron chi connectivity index (χ3n) is 8.85. The van der Waals surface area contributed by atoms with Crippen LogP contribution in [0.15, 0.2) is 91.5 Å². The molecular formula is C34H32BrN9O4. The lowest BCUT2D eigenvalue weighted by Crippen LogP contribution is -2.54. The van der Waals surface area contributed by atoms with Crippen LogP contribution in [-0.4, -0.2) is 76.4 Å². The van der Waals surface area contributed by atoms with E-state index in [-0.39, 0.29) is 22.5 Å². The zero-order valence-corrected chi connectivity index (χ0v) is 28.1. The topological polar surface area (TPSA) is 148 Å². The molecule has 2 aromatic carbocycles. The summed E-state index contributed by atoms with van der Waals surface area (Å²) in [5.41, 5.74) is 1.63. The molecule has 1 saturated heterocycles. The van der Waals surface area contributed by atoms with Gasteiger partial charge >= 0.3 is 5.69 Å². The molecule has 0 saturated carbocycles. The maximum atomic E-state index is 14.1. The fourth-order valence-corrected chi connectivity index (χ4v) is 6.42. The van der Waals surface area contributed by atoms with E-state index in [2.05, 4.69) is 59.9 Å². The van der Waals surface area contributed by atoms with Gasteiger partial charge in [0.2, 0.25) is 5.89 Å². The maximum absolute atomic E-state index is 14.1. The van der Waals surface area contributed by atoms with Gasteiger partial charge in [0.1, 0.15) is 12.2 Å². The molecular weight excluding hydrogens is 678 g/mol. The molecule has 0 bridgehead atoms. The average Bonchev–Trinajstić information content (AvgIpc) is 3.78. The third kappa shape index (κ3) is 5.88. The van der Waals surface area contributed by atoms with Gasteiger partial charge in [-0.15, -0.1) is 5.10 Å². The third-order valence-corrected chi connectivity index (χ3v) is 9.35. The highest BCUT2D eigenvalue weighted by molar-refractivity contribution is 9.10. The summed E-state index contributed by atoms with van der Waals surface area (Å²) in [6.45, 7) is 6.50. The number of halogens is 1. The van der Waals surface area contributed by atoms with E-state index < -0.39 is 16.8 Å². The molecule has 0 unspecified atom stereocenters. The number of pyridine rings is 1. The minimum absolute atomic E-state index is 0.0935. The summed E-state index contributed by atoms with van der Waals surface area (Å²) in [7, 11) is 1.53. The molecule has 6 aromatic rings. The molecule has 13 nitrogen and oxygen atoms in total. The molecule has 1 fully saturated rings. The minimum atomic E-state index is -0.638. The Morgan fingerprint density at radius 2 is 1.75 bits per heavy atom. The van der Waals surface area contributed by atoms with Crippen molar-refractivity contribution in [3.63, 3.8) is 0 Å². The zero-order chi connectivity index (χ0) is 33.6. The summed E-state index contributed by atoms with van der Waals surface area (Å²) in [6, 6.07) is 18.8. The molecule has 5 heterocycles. The van der Waals surface area contributed by atoms with Crippen molar-refractivity contribution in [2.75, 3.05) is 26.2 Å². The number of fused-ring (bicyclic) bond motifs is 1. The number of aromatic amines is 1. The van der Waals surface area contributed by atoms with Gasteiger partial charge < -0.3 is 9.32 Å². The summed E-state index contributed by atoms with van der Waals surface area (Å²) in [4.78, 5) is 54.9. The van der Waals surface area contributed by atoms with Crippen molar-refractivity contribution in [3.05, 3.63) is 116 Å². The average molecular weight is 711 g/mol. The second kappa shape index (κ2) is 12.4. The van der Waals surface area contributed by atoms with Gasteiger partial charge in [0, 0.05) is 48.8 Å². The predicted octanol–water partition coefficient (Wildman–Crippen LogP) is 4.04. The number of benzene rings is 2. The molecule has 244 valence electrons. The zero-order valence-electron chi connectivity index (χ0n) is 26.6. The first-order valence-electron chi connectivity index (χ1n) is 15.4. The number of H-pyrrole nitrogens is 1. The van der Waals surface area contributed by atoms with Crippen LogP contribution in [0.4, 0.5) is 0 Å². The molecule has 14 heteroatoms. The maximum Gasteiger partial charge on any atom is 0.329 e. The van der Waals surface area contributed by atoms with Gasteiger partial charge in [-0.3, -0.25) is 24.0 Å². The highest BCUT2D eigenvalue weighted by atomic mass is 79.9. The second-order valence-corrected chi connectivity index (χ2v) is 13.1. The number of amides is 1. The van der Waals surface area contributed by atoms with E-state index in [1.54, 1.807) is 21.8 Å². The molecule has 4 aromatic heterocycles. The molecule has 0 aliphatic carbocycles. The van der Waals surface area contributed by atoms with Crippen LogP contribution >= 0.6 is 15.9 Å². The van der Waals surface area contributed by atoms with Gasteiger partial charge in [-0.25, -0.2) is 19.4 Å². The van der Waals surface area contributed by atoms with Crippen molar-refractivity contribution in [2.24, 2.45) is 7.05 Å². The molecule has 1 N–H and O–H groups in total. The Kier molecular flexibility index (Phi) is 8.13. The Bertz CT molecular complexity index is 2260. The monoisotopic (exact) mass is 709 g/mol. The standard InChI is InChI=1S/C34H32BrN9O4/c1-34(2,27-19-44(40-39-27)20-28-36-18-26(48-28)22-10-7-11-23(35)16-22)43-14-12-42(13-15-43)32(46)24-17-25(21-8-5-4-6-9-21)37-30-29(24)31(45)38-33(47)41(30)3/h4-11,16-19H,12-15,20H2,1-3H3,(H,38,45,47). The lowest BCUT2D eigenvalue weighted by Gasteiger charge is -2.43. The van der Waals surface area contributed by atoms with Crippen LogP contribution in [0.2, 0.25) is 0 Å². The van der Waals surface area contributed by atoms with Gasteiger partial charge in [-0.1, -0.05) is 63.6 Å². The van der Waals surface area contributed by atoms with Crippen LogP contribution in [0.3, 0.4) is 0 Å². The van der Waals surface area contributed by atoms with Crippen molar-refractivity contribution in [1.29, 1.82) is 0 Å². The van der Waals surface area contributed by atoms with Crippen molar-refractivity contribution in [3.8, 4) is 22.6 Å². The van der Waals surface area contributed by atoms with E-state index in [4.69, 9.17) is 4.42 Å². The highest BCUT2D eigenvalue weighted by Gasteiger charge is 2.35. The van der Waals surface area contributed by atoms with Crippen molar-refractivity contribution in [2.45, 2.75) is 25.9 Å². The van der Waals surface area contributed by atoms with Crippen LogP contribution in [0.5, 0.6) is 0 Å². The summed E-state index contributed by atoms with van der Waals surface area (Å²) in [6.07, 6.45) is 3.60. The first kappa shape index (κ1) is 31.4. The number of carbonyl (C=O) groups is 1. The van der Waals surface area contributed by atoms with Gasteiger partial charge in [0.25, 0.3) is 11.5 Å². The summed E-state index contributed by atoms with van der Waals surface area (Å²) < 4.78 is 9.90. The Balaban J connectivity index is 1.08. The Labute approximate surface area is 283 Å². The first-order valence-corrected chi connectivity index (χ1v) is 16.2. The van der Waals surface area contributed by atoms with E-state index in [1.165, 1.54) is 11.6 Å². The lowest BCUT2D eigenvalue weighted by molar-refractivity contribution is 0.0379. The largest absolute Gasteiger partial charge is 0.439 e.